The number of likely N-dealkylation sites (tertiary alicyclic amines) is 1. The largest absolute Gasteiger partial charge is 0.496 e. The zero-order chi connectivity index (χ0) is 19.0. The highest BCUT2D eigenvalue weighted by Crippen LogP contribution is 2.39. The Morgan fingerprint density at radius 1 is 1.04 bits per heavy atom. The van der Waals surface area contributed by atoms with Crippen LogP contribution < -0.4 is 12.3 Å². The number of rotatable bonds is 6. The minimum Gasteiger partial charge on any atom is -0.496 e. The summed E-state index contributed by atoms with van der Waals surface area (Å²) >= 11 is 0. The Bertz CT molecular complexity index is 617. The minimum atomic E-state index is 0. The van der Waals surface area contributed by atoms with Crippen molar-refractivity contribution in [2.45, 2.75) is 46.5 Å². The zero-order valence-electron chi connectivity index (χ0n) is 18.5. The number of hydrogen-bond acceptors (Lipinski definition) is 4. The highest BCUT2D eigenvalue weighted by Gasteiger charge is 2.28. The molecule has 0 amide bonds. The van der Waals surface area contributed by atoms with E-state index in [9.17, 15) is 0 Å². The van der Waals surface area contributed by atoms with E-state index >= 15 is 0 Å². The molecule has 28 heavy (non-hydrogen) atoms. The predicted octanol–water partition coefficient (Wildman–Crippen LogP) is 5.87. The van der Waals surface area contributed by atoms with Crippen molar-refractivity contribution < 1.29 is 4.74 Å². The van der Waals surface area contributed by atoms with Gasteiger partial charge in [0.05, 0.1) is 0 Å². The Morgan fingerprint density at radius 2 is 1.64 bits per heavy atom. The molecule has 1 saturated heterocycles. The van der Waals surface area contributed by atoms with E-state index in [1.807, 2.05) is 6.66 Å². The van der Waals surface area contributed by atoms with Crippen molar-refractivity contribution in [3.8, 4) is 0 Å². The van der Waals surface area contributed by atoms with Gasteiger partial charge in [0.25, 0.3) is 0 Å². The summed E-state index contributed by atoms with van der Waals surface area (Å²) in [6.07, 6.45) is 9.42. The molecule has 0 saturated carbocycles. The highest BCUT2D eigenvalue weighted by atomic mass is 31.0. The predicted molar refractivity (Wildman–Crippen MR) is 128 cm³/mol. The number of hydrogen-bond donors (Lipinski definition) is 2. The van der Waals surface area contributed by atoms with Crippen molar-refractivity contribution >= 4 is 14.8 Å². The Kier molecular flexibility index (Phi) is 12.6. The summed E-state index contributed by atoms with van der Waals surface area (Å²) in [5.74, 6) is 1.14. The fourth-order valence-corrected chi connectivity index (χ4v) is 3.52. The van der Waals surface area contributed by atoms with Crippen molar-refractivity contribution in [1.82, 2.24) is 17.2 Å². The Morgan fingerprint density at radius 3 is 2.21 bits per heavy atom. The molecule has 0 radical (unpaired) electrons. The van der Waals surface area contributed by atoms with Gasteiger partial charge in [-0.15, -0.1) is 9.24 Å². The molecule has 3 rings (SSSR count). The van der Waals surface area contributed by atoms with Gasteiger partial charge in [-0.1, -0.05) is 57.8 Å². The second kappa shape index (κ2) is 13.1. The molecule has 160 valence electrons. The summed E-state index contributed by atoms with van der Waals surface area (Å²) in [5, 5.41) is 0. The third-order valence-electron chi connectivity index (χ3n) is 5.35. The first kappa shape index (κ1) is 26.8. The molecule has 1 aromatic rings. The SMILES string of the molecule is CCc1ccc(C2=CCC(C)(C)C(OCCN3CCCC3)=C2)cc1.CP.N.N. The molecule has 2 aliphatic rings. The molecule has 6 N–H and O–H groups in total. The maximum Gasteiger partial charge on any atom is 0.103 e. The van der Waals surface area contributed by atoms with E-state index in [2.05, 4.69) is 71.3 Å². The summed E-state index contributed by atoms with van der Waals surface area (Å²) < 4.78 is 6.24. The van der Waals surface area contributed by atoms with E-state index < -0.39 is 0 Å². The van der Waals surface area contributed by atoms with Crippen LogP contribution in [0.3, 0.4) is 0 Å². The summed E-state index contributed by atoms with van der Waals surface area (Å²) in [5.41, 5.74) is 4.08. The minimum absolute atomic E-state index is 0. The van der Waals surface area contributed by atoms with Gasteiger partial charge in [0.15, 0.2) is 0 Å². The number of allylic oxidation sites excluding steroid dienone is 4. The molecule has 1 heterocycles. The fourth-order valence-electron chi connectivity index (χ4n) is 3.52. The van der Waals surface area contributed by atoms with Crippen LogP contribution in [0.4, 0.5) is 0 Å². The van der Waals surface area contributed by atoms with E-state index in [1.54, 1.807) is 0 Å². The maximum absolute atomic E-state index is 6.24. The summed E-state index contributed by atoms with van der Waals surface area (Å²) in [6, 6.07) is 8.94. The first-order valence-electron chi connectivity index (χ1n) is 10.0. The topological polar surface area (TPSA) is 82.5 Å². The van der Waals surface area contributed by atoms with Gasteiger partial charge in [-0.3, -0.25) is 4.90 Å². The van der Waals surface area contributed by atoms with Crippen LogP contribution in [0.25, 0.3) is 5.57 Å². The third kappa shape index (κ3) is 7.33. The second-order valence-electron chi connectivity index (χ2n) is 7.70. The van der Waals surface area contributed by atoms with Gasteiger partial charge in [0, 0.05) is 12.0 Å². The van der Waals surface area contributed by atoms with Crippen LogP contribution in [0.5, 0.6) is 0 Å². The molecular formula is C23H42N3OP. The van der Waals surface area contributed by atoms with E-state index in [1.165, 1.54) is 42.6 Å². The van der Waals surface area contributed by atoms with Crippen LogP contribution in [0.15, 0.2) is 42.2 Å². The van der Waals surface area contributed by atoms with Crippen molar-refractivity contribution in [2.75, 3.05) is 32.9 Å². The van der Waals surface area contributed by atoms with Crippen LogP contribution in [0, 0.1) is 5.41 Å². The third-order valence-corrected chi connectivity index (χ3v) is 5.35. The molecule has 1 aliphatic heterocycles. The van der Waals surface area contributed by atoms with Crippen LogP contribution in [0.2, 0.25) is 0 Å². The molecule has 4 nitrogen and oxygen atoms in total. The number of nitrogens with zero attached hydrogens (tertiary/aromatic N) is 1. The van der Waals surface area contributed by atoms with Crippen molar-refractivity contribution in [3.63, 3.8) is 0 Å². The molecular weight excluding hydrogens is 365 g/mol. The molecule has 1 unspecified atom stereocenters. The van der Waals surface area contributed by atoms with Gasteiger partial charge in [-0.25, -0.2) is 0 Å². The molecule has 1 atom stereocenters. The van der Waals surface area contributed by atoms with Gasteiger partial charge >= 0.3 is 0 Å². The van der Waals surface area contributed by atoms with Gasteiger partial charge in [0.1, 0.15) is 12.4 Å². The van der Waals surface area contributed by atoms with Gasteiger partial charge in [0.2, 0.25) is 0 Å². The zero-order valence-corrected chi connectivity index (χ0v) is 19.6. The monoisotopic (exact) mass is 407 g/mol. The lowest BCUT2D eigenvalue weighted by atomic mass is 9.80. The lowest BCUT2D eigenvalue weighted by Gasteiger charge is -2.31. The molecule has 1 fully saturated rings. The molecule has 5 heteroatoms. The maximum atomic E-state index is 6.24. The van der Waals surface area contributed by atoms with Crippen molar-refractivity contribution in [1.29, 1.82) is 0 Å². The second-order valence-corrected chi connectivity index (χ2v) is 7.70. The van der Waals surface area contributed by atoms with Crippen molar-refractivity contribution in [3.05, 3.63) is 53.3 Å². The fraction of sp³-hybridized carbons (Fsp3) is 0.565. The summed E-state index contributed by atoms with van der Waals surface area (Å²) in [7, 11) is 2.42. The Labute approximate surface area is 175 Å². The average molecular weight is 408 g/mol. The summed E-state index contributed by atoms with van der Waals surface area (Å²) in [6.45, 7) is 13.0. The van der Waals surface area contributed by atoms with Crippen LogP contribution >= 0.6 is 9.24 Å². The molecule has 1 aliphatic carbocycles. The Hall–Kier alpha value is -1.19. The van der Waals surface area contributed by atoms with Gasteiger partial charge < -0.3 is 17.0 Å². The quantitative estimate of drug-likeness (QED) is 0.577. The highest BCUT2D eigenvalue weighted by molar-refractivity contribution is 7.15. The standard InChI is InChI=1S/C22H31NO.CH5P.2H3N/c1-4-18-7-9-19(10-8-18)20-11-12-22(2,3)21(17-20)24-16-15-23-13-5-6-14-23;1-2;;/h7-11,17H,4-6,12-16H2,1-3H3;2H2,1H3;2*1H3. The molecule has 0 spiro atoms. The van der Waals surface area contributed by atoms with E-state index in [4.69, 9.17) is 4.74 Å². The lowest BCUT2D eigenvalue weighted by molar-refractivity contribution is 0.122. The van der Waals surface area contributed by atoms with Crippen molar-refractivity contribution in [2.24, 2.45) is 5.41 Å². The first-order chi connectivity index (χ1) is 12.6. The van der Waals surface area contributed by atoms with E-state index in [-0.39, 0.29) is 17.7 Å². The summed E-state index contributed by atoms with van der Waals surface area (Å²) in [4.78, 5) is 2.51. The number of benzene rings is 1. The van der Waals surface area contributed by atoms with Crippen LogP contribution in [0.1, 0.15) is 51.2 Å². The molecule has 0 bridgehead atoms. The lowest BCUT2D eigenvalue weighted by Crippen LogP contribution is -2.26. The Balaban J connectivity index is 0.00000177. The van der Waals surface area contributed by atoms with Gasteiger partial charge in [-0.2, -0.15) is 0 Å². The van der Waals surface area contributed by atoms with Gasteiger partial charge in [-0.05, 0) is 61.5 Å². The van der Waals surface area contributed by atoms with E-state index in [0.29, 0.717) is 0 Å². The molecule has 0 aromatic heterocycles. The smallest absolute Gasteiger partial charge is 0.103 e. The number of ether oxygens (including phenoxy) is 1. The number of aryl methyl sites for hydroxylation is 1. The normalized spacial score (nSPS) is 17.9. The van der Waals surface area contributed by atoms with E-state index in [0.717, 1.165) is 31.8 Å². The first-order valence-corrected chi connectivity index (χ1v) is 11.2. The van der Waals surface area contributed by atoms with Crippen LogP contribution in [-0.4, -0.2) is 37.8 Å². The molecule has 1 aromatic carbocycles. The average Bonchev–Trinajstić information content (AvgIpc) is 3.18. The van der Waals surface area contributed by atoms with Crippen LogP contribution in [-0.2, 0) is 11.2 Å².